The second-order valence-corrected chi connectivity index (χ2v) is 8.04. The van der Waals surface area contributed by atoms with Crippen LogP contribution in [0.25, 0.3) is 0 Å². The fraction of sp³-hybridized carbons (Fsp3) is 0.571. The summed E-state index contributed by atoms with van der Waals surface area (Å²) >= 11 is 5.84. The zero-order valence-corrected chi connectivity index (χ0v) is 14.3. The van der Waals surface area contributed by atoms with Gasteiger partial charge in [0.2, 0.25) is 10.0 Å². The van der Waals surface area contributed by atoms with Gasteiger partial charge in [0.25, 0.3) is 0 Å². The molecule has 0 aliphatic rings. The van der Waals surface area contributed by atoms with Crippen LogP contribution < -0.4 is 9.46 Å². The summed E-state index contributed by atoms with van der Waals surface area (Å²) in [6.07, 6.45) is -0.271. The molecular formula is C14H22ClNO4S. The first-order valence-corrected chi connectivity index (χ1v) is 8.45. The Morgan fingerprint density at radius 3 is 2.52 bits per heavy atom. The van der Waals surface area contributed by atoms with Gasteiger partial charge in [-0.1, -0.05) is 32.4 Å². The van der Waals surface area contributed by atoms with E-state index < -0.39 is 16.1 Å². The predicted molar refractivity (Wildman–Crippen MR) is 83.3 cm³/mol. The Morgan fingerprint density at radius 1 is 1.38 bits per heavy atom. The van der Waals surface area contributed by atoms with Crippen LogP contribution in [0.1, 0.15) is 27.2 Å². The lowest BCUT2D eigenvalue weighted by Gasteiger charge is -2.25. The summed E-state index contributed by atoms with van der Waals surface area (Å²) < 4.78 is 32.0. The van der Waals surface area contributed by atoms with E-state index in [2.05, 4.69) is 4.72 Å². The van der Waals surface area contributed by atoms with E-state index in [0.717, 1.165) is 0 Å². The van der Waals surface area contributed by atoms with E-state index in [0.29, 0.717) is 11.4 Å². The molecule has 0 radical (unpaired) electrons. The number of halogens is 1. The van der Waals surface area contributed by atoms with Crippen LogP contribution in [0.2, 0.25) is 5.02 Å². The summed E-state index contributed by atoms with van der Waals surface area (Å²) in [6, 6.07) is 4.40. The monoisotopic (exact) mass is 335 g/mol. The first-order valence-electron chi connectivity index (χ1n) is 6.59. The fourth-order valence-corrected chi connectivity index (χ4v) is 3.18. The molecule has 120 valence electrons. The zero-order valence-electron chi connectivity index (χ0n) is 12.7. The van der Waals surface area contributed by atoms with Crippen LogP contribution in [0.15, 0.2) is 23.1 Å². The number of benzene rings is 1. The van der Waals surface area contributed by atoms with Crippen molar-refractivity contribution in [3.05, 3.63) is 23.2 Å². The van der Waals surface area contributed by atoms with Crippen molar-refractivity contribution in [3.63, 3.8) is 0 Å². The minimum atomic E-state index is -3.74. The molecule has 0 aliphatic carbocycles. The van der Waals surface area contributed by atoms with E-state index in [9.17, 15) is 13.5 Å². The van der Waals surface area contributed by atoms with Crippen LogP contribution in [0.4, 0.5) is 0 Å². The molecule has 5 nitrogen and oxygen atoms in total. The lowest BCUT2D eigenvalue weighted by Crippen LogP contribution is -2.32. The Hall–Kier alpha value is -0.820. The van der Waals surface area contributed by atoms with Crippen LogP contribution in [-0.2, 0) is 10.0 Å². The topological polar surface area (TPSA) is 75.6 Å². The number of sulfonamides is 1. The van der Waals surface area contributed by atoms with Crippen LogP contribution in [0.3, 0.4) is 0 Å². The Kier molecular flexibility index (Phi) is 6.04. The lowest BCUT2D eigenvalue weighted by molar-refractivity contribution is 0.0571. The number of hydrogen-bond acceptors (Lipinski definition) is 4. The van der Waals surface area contributed by atoms with Gasteiger partial charge in [0.15, 0.2) is 0 Å². The van der Waals surface area contributed by atoms with Gasteiger partial charge in [-0.25, -0.2) is 13.1 Å². The van der Waals surface area contributed by atoms with Crippen molar-refractivity contribution in [1.82, 2.24) is 4.72 Å². The predicted octanol–water partition coefficient (Wildman–Crippen LogP) is 2.42. The summed E-state index contributed by atoms with van der Waals surface area (Å²) in [6.45, 7) is 5.82. The molecule has 1 atom stereocenters. The second-order valence-electron chi connectivity index (χ2n) is 5.86. The Morgan fingerprint density at radius 2 is 2.00 bits per heavy atom. The molecule has 0 aliphatic heterocycles. The molecular weight excluding hydrogens is 314 g/mol. The fourth-order valence-electron chi connectivity index (χ4n) is 1.70. The molecule has 0 spiro atoms. The molecule has 0 heterocycles. The maximum absolute atomic E-state index is 12.3. The van der Waals surface area contributed by atoms with Gasteiger partial charge in [0, 0.05) is 11.6 Å². The third-order valence-corrected chi connectivity index (χ3v) is 4.84. The lowest BCUT2D eigenvalue weighted by atomic mass is 9.87. The SMILES string of the molecule is COc1ccc(Cl)cc1S(=O)(=O)NCC[C@H](O)C(C)(C)C. The van der Waals surface area contributed by atoms with E-state index in [1.54, 1.807) is 6.07 Å². The molecule has 0 fully saturated rings. The molecule has 7 heteroatoms. The number of nitrogens with one attached hydrogen (secondary N) is 1. The summed E-state index contributed by atoms with van der Waals surface area (Å²) in [4.78, 5) is -0.0113. The Balaban J connectivity index is 2.81. The maximum Gasteiger partial charge on any atom is 0.244 e. The van der Waals surface area contributed by atoms with E-state index in [1.165, 1.54) is 19.2 Å². The third kappa shape index (κ3) is 5.14. The Bertz CT molecular complexity index is 581. The number of ether oxygens (including phenoxy) is 1. The van der Waals surface area contributed by atoms with Gasteiger partial charge in [-0.3, -0.25) is 0 Å². The first kappa shape index (κ1) is 18.2. The molecule has 0 saturated heterocycles. The second kappa shape index (κ2) is 6.96. The van der Waals surface area contributed by atoms with Gasteiger partial charge in [-0.05, 0) is 30.0 Å². The van der Waals surface area contributed by atoms with Crippen molar-refractivity contribution >= 4 is 21.6 Å². The van der Waals surface area contributed by atoms with E-state index >= 15 is 0 Å². The van der Waals surface area contributed by atoms with Crippen LogP contribution in [0, 0.1) is 5.41 Å². The third-order valence-electron chi connectivity index (χ3n) is 3.12. The molecule has 2 N–H and O–H groups in total. The van der Waals surface area contributed by atoms with Gasteiger partial charge >= 0.3 is 0 Å². The van der Waals surface area contributed by atoms with Crippen molar-refractivity contribution in [2.24, 2.45) is 5.41 Å². The number of aliphatic hydroxyl groups is 1. The molecule has 21 heavy (non-hydrogen) atoms. The zero-order chi connectivity index (χ0) is 16.3. The summed E-state index contributed by atoms with van der Waals surface area (Å²) in [5.74, 6) is 0.225. The summed E-state index contributed by atoms with van der Waals surface area (Å²) in [5.41, 5.74) is -0.292. The highest BCUT2D eigenvalue weighted by molar-refractivity contribution is 7.89. The number of rotatable bonds is 6. The van der Waals surface area contributed by atoms with E-state index in [4.69, 9.17) is 16.3 Å². The highest BCUT2D eigenvalue weighted by Crippen LogP contribution is 2.27. The first-order chi connectivity index (χ1) is 9.58. The van der Waals surface area contributed by atoms with Crippen LogP contribution in [-0.4, -0.2) is 33.3 Å². The molecule has 0 aromatic heterocycles. The van der Waals surface area contributed by atoms with Crippen molar-refractivity contribution in [2.75, 3.05) is 13.7 Å². The largest absolute Gasteiger partial charge is 0.495 e. The van der Waals surface area contributed by atoms with E-state index in [1.807, 2.05) is 20.8 Å². The standard InChI is InChI=1S/C14H22ClNO4S/c1-14(2,3)13(17)7-8-16-21(18,19)12-9-10(15)5-6-11(12)20-4/h5-6,9,13,16-17H,7-8H2,1-4H3/t13-/m0/s1. The number of hydrogen-bond donors (Lipinski definition) is 2. The van der Waals surface area contributed by atoms with Crippen LogP contribution in [0.5, 0.6) is 5.75 Å². The molecule has 0 saturated carbocycles. The van der Waals surface area contributed by atoms with Crippen molar-refractivity contribution < 1.29 is 18.3 Å². The van der Waals surface area contributed by atoms with Crippen molar-refractivity contribution in [3.8, 4) is 5.75 Å². The van der Waals surface area contributed by atoms with Gasteiger partial charge in [-0.15, -0.1) is 0 Å². The molecule has 0 unspecified atom stereocenters. The minimum Gasteiger partial charge on any atom is -0.495 e. The average Bonchev–Trinajstić information content (AvgIpc) is 2.37. The highest BCUT2D eigenvalue weighted by Gasteiger charge is 2.24. The minimum absolute atomic E-state index is 0.0113. The molecule has 0 bridgehead atoms. The smallest absolute Gasteiger partial charge is 0.244 e. The average molecular weight is 336 g/mol. The van der Waals surface area contributed by atoms with Gasteiger partial charge in [-0.2, -0.15) is 0 Å². The van der Waals surface area contributed by atoms with Gasteiger partial charge in [0.05, 0.1) is 13.2 Å². The van der Waals surface area contributed by atoms with Crippen molar-refractivity contribution in [1.29, 1.82) is 0 Å². The van der Waals surface area contributed by atoms with Gasteiger partial charge < -0.3 is 9.84 Å². The number of methoxy groups -OCH3 is 1. The normalized spacial score (nSPS) is 14.0. The van der Waals surface area contributed by atoms with Crippen LogP contribution >= 0.6 is 11.6 Å². The Labute approximate surface area is 131 Å². The molecule has 1 aromatic rings. The van der Waals surface area contributed by atoms with Crippen molar-refractivity contribution in [2.45, 2.75) is 38.2 Å². The molecule has 0 amide bonds. The van der Waals surface area contributed by atoms with Gasteiger partial charge in [0.1, 0.15) is 10.6 Å². The summed E-state index contributed by atoms with van der Waals surface area (Å²) in [7, 11) is -2.34. The molecule has 1 aromatic carbocycles. The van der Waals surface area contributed by atoms with E-state index in [-0.39, 0.29) is 22.6 Å². The maximum atomic E-state index is 12.3. The highest BCUT2D eigenvalue weighted by atomic mass is 35.5. The quantitative estimate of drug-likeness (QED) is 0.837. The molecule has 1 rings (SSSR count). The summed E-state index contributed by atoms with van der Waals surface area (Å²) in [5, 5.41) is 10.2. The number of aliphatic hydroxyl groups excluding tert-OH is 1.